The summed E-state index contributed by atoms with van der Waals surface area (Å²) in [4.78, 5) is 0. The maximum absolute atomic E-state index is 2.64. The van der Waals surface area contributed by atoms with Gasteiger partial charge in [0.1, 0.15) is 0 Å². The average Bonchev–Trinajstić information content (AvgIpc) is 3.84. The van der Waals surface area contributed by atoms with Gasteiger partial charge in [-0.15, -0.1) is 11.3 Å². The van der Waals surface area contributed by atoms with Crippen LogP contribution in [0.2, 0.25) is 0 Å². The molecule has 1 aliphatic carbocycles. The van der Waals surface area contributed by atoms with Gasteiger partial charge in [-0.2, -0.15) is 0 Å². The Kier molecular flexibility index (Phi) is 10.00. The quantitative estimate of drug-likeness (QED) is 0.121. The lowest BCUT2D eigenvalue weighted by Crippen LogP contribution is -2.28. The summed E-state index contributed by atoms with van der Waals surface area (Å²) in [6.45, 7) is 7.05. The number of allylic oxidation sites excluding steroid dienone is 4. The molecule has 0 radical (unpaired) electrons. The number of fused-ring (bicyclic) bond motifs is 6. The van der Waals surface area contributed by atoms with Gasteiger partial charge in [0.15, 0.2) is 0 Å². The first-order chi connectivity index (χ1) is 29.6. The molecule has 0 fully saturated rings. The lowest BCUT2D eigenvalue weighted by atomic mass is 9.66. The zero-order valence-corrected chi connectivity index (χ0v) is 35.3. The van der Waals surface area contributed by atoms with Crippen molar-refractivity contribution >= 4 is 42.7 Å². The predicted octanol–water partition coefficient (Wildman–Crippen LogP) is 16.4. The molecule has 2 unspecified atom stereocenters. The summed E-state index contributed by atoms with van der Waals surface area (Å²) in [5.41, 5.74) is 16.3. The Morgan fingerprint density at radius 3 is 1.78 bits per heavy atom. The third-order valence-corrected chi connectivity index (χ3v) is 14.2. The fourth-order valence-electron chi connectivity index (χ4n) is 9.86. The van der Waals surface area contributed by atoms with Crippen LogP contribution in [0.15, 0.2) is 212 Å². The maximum Gasteiger partial charge on any atom is 0.0713 e. The molecular weight excluding hydrogens is 741 g/mol. The first-order valence-corrected chi connectivity index (χ1v) is 22.2. The SMILES string of the molecule is CCC(C)C(/C=C(\C=C(/C)c1ccccc1)c1ccccc1)c1cc2c(cc1-c1cccc3c1sc1ccccc13)-c1ccccc1C2(c1ccccc1)c1ccccc1. The Bertz CT molecular complexity index is 2980. The largest absolute Gasteiger partial charge is 0.135 e. The average molecular weight is 789 g/mol. The molecule has 0 amide bonds. The van der Waals surface area contributed by atoms with E-state index in [2.05, 4.69) is 233 Å². The molecule has 0 saturated heterocycles. The van der Waals surface area contributed by atoms with Gasteiger partial charge >= 0.3 is 0 Å². The van der Waals surface area contributed by atoms with Crippen LogP contribution in [-0.4, -0.2) is 0 Å². The minimum Gasteiger partial charge on any atom is -0.135 e. The fraction of sp³-hybridized carbons (Fsp3) is 0.119. The first kappa shape index (κ1) is 37.7. The van der Waals surface area contributed by atoms with Crippen molar-refractivity contribution in [2.75, 3.05) is 0 Å². The summed E-state index contributed by atoms with van der Waals surface area (Å²) in [7, 11) is 0. The van der Waals surface area contributed by atoms with E-state index < -0.39 is 5.41 Å². The normalized spacial score (nSPS) is 14.5. The van der Waals surface area contributed by atoms with E-state index in [1.807, 2.05) is 11.3 Å². The van der Waals surface area contributed by atoms with E-state index in [-0.39, 0.29) is 5.92 Å². The van der Waals surface area contributed by atoms with Gasteiger partial charge in [-0.25, -0.2) is 0 Å². The molecule has 2 atom stereocenters. The number of hydrogen-bond donors (Lipinski definition) is 0. The minimum absolute atomic E-state index is 0.0999. The Labute approximate surface area is 358 Å². The Morgan fingerprint density at radius 1 is 0.533 bits per heavy atom. The Morgan fingerprint density at radius 2 is 1.10 bits per heavy atom. The molecule has 0 N–H and O–H groups in total. The van der Waals surface area contributed by atoms with Gasteiger partial charge in [0.2, 0.25) is 0 Å². The van der Waals surface area contributed by atoms with Gasteiger partial charge in [-0.3, -0.25) is 0 Å². The topological polar surface area (TPSA) is 0 Å². The summed E-state index contributed by atoms with van der Waals surface area (Å²) >= 11 is 1.92. The van der Waals surface area contributed by atoms with E-state index >= 15 is 0 Å². The highest BCUT2D eigenvalue weighted by Crippen LogP contribution is 2.58. The second-order valence-corrected chi connectivity index (χ2v) is 17.4. The van der Waals surface area contributed by atoms with Gasteiger partial charge in [0.05, 0.1) is 5.41 Å². The summed E-state index contributed by atoms with van der Waals surface area (Å²) in [5, 5.41) is 2.65. The number of thiophene rings is 1. The van der Waals surface area contributed by atoms with Crippen molar-refractivity contribution in [3.63, 3.8) is 0 Å². The van der Waals surface area contributed by atoms with E-state index in [9.17, 15) is 0 Å². The molecule has 1 aliphatic rings. The zero-order valence-electron chi connectivity index (χ0n) is 34.5. The van der Waals surface area contributed by atoms with Crippen LogP contribution in [0.1, 0.15) is 72.1 Å². The van der Waals surface area contributed by atoms with Crippen molar-refractivity contribution in [2.45, 2.75) is 38.5 Å². The molecule has 0 nitrogen and oxygen atoms in total. The summed E-state index contributed by atoms with van der Waals surface area (Å²) in [6, 6.07) is 74.5. The highest BCUT2D eigenvalue weighted by molar-refractivity contribution is 7.26. The second-order valence-electron chi connectivity index (χ2n) is 16.4. The van der Waals surface area contributed by atoms with Crippen molar-refractivity contribution in [3.05, 3.63) is 251 Å². The van der Waals surface area contributed by atoms with Crippen LogP contribution in [-0.2, 0) is 5.41 Å². The molecule has 9 aromatic rings. The van der Waals surface area contributed by atoms with Gasteiger partial charge in [-0.1, -0.05) is 220 Å². The maximum atomic E-state index is 2.64. The van der Waals surface area contributed by atoms with E-state index in [1.54, 1.807) is 0 Å². The third-order valence-electron chi connectivity index (χ3n) is 13.0. The summed E-state index contributed by atoms with van der Waals surface area (Å²) in [5.74, 6) is 0.446. The molecule has 0 saturated carbocycles. The Hall–Kier alpha value is -6.54. The van der Waals surface area contributed by atoms with Crippen LogP contribution < -0.4 is 0 Å². The van der Waals surface area contributed by atoms with Crippen LogP contribution in [0, 0.1) is 5.92 Å². The zero-order chi connectivity index (χ0) is 40.6. The van der Waals surface area contributed by atoms with E-state index in [4.69, 9.17) is 0 Å². The van der Waals surface area contributed by atoms with Crippen LogP contribution in [0.3, 0.4) is 0 Å². The van der Waals surface area contributed by atoms with Crippen molar-refractivity contribution in [2.24, 2.45) is 5.92 Å². The molecule has 1 heteroatoms. The van der Waals surface area contributed by atoms with Gasteiger partial charge in [-0.05, 0) is 97.3 Å². The molecule has 1 heterocycles. The van der Waals surface area contributed by atoms with Crippen LogP contribution in [0.25, 0.3) is 53.6 Å². The lowest BCUT2D eigenvalue weighted by Gasteiger charge is -2.35. The monoisotopic (exact) mass is 788 g/mol. The first-order valence-electron chi connectivity index (χ1n) is 21.4. The van der Waals surface area contributed by atoms with Crippen molar-refractivity contribution in [3.8, 4) is 22.3 Å². The van der Waals surface area contributed by atoms with Crippen molar-refractivity contribution in [1.29, 1.82) is 0 Å². The van der Waals surface area contributed by atoms with Gasteiger partial charge in [0.25, 0.3) is 0 Å². The summed E-state index contributed by atoms with van der Waals surface area (Å²) < 4.78 is 2.67. The van der Waals surface area contributed by atoms with Gasteiger partial charge in [0, 0.05) is 26.1 Å². The molecular formula is C59H48S. The predicted molar refractivity (Wildman–Crippen MR) is 259 cm³/mol. The van der Waals surface area contributed by atoms with Crippen molar-refractivity contribution in [1.82, 2.24) is 0 Å². The molecule has 290 valence electrons. The molecule has 0 spiro atoms. The van der Waals surface area contributed by atoms with Crippen molar-refractivity contribution < 1.29 is 0 Å². The molecule has 10 rings (SSSR count). The van der Waals surface area contributed by atoms with Crippen LogP contribution >= 0.6 is 11.3 Å². The second kappa shape index (κ2) is 15.9. The number of hydrogen-bond acceptors (Lipinski definition) is 1. The molecule has 8 aromatic carbocycles. The number of benzene rings is 8. The standard InChI is InChI=1S/C59H48S/c1-4-40(2)51(37-44(43-24-11-6-12-25-43)36-41(3)42-22-9-5-10-23-42)53-39-56-54(38-52(53)50-33-21-32-49-48-31-18-20-35-57(48)60-58(49)50)47-30-17-19-34-55(47)59(56,45-26-13-7-14-27-45)46-28-15-8-16-29-46/h5-40,51H,4H2,1-3H3/b41-36+,44-37+. The highest BCUT2D eigenvalue weighted by atomic mass is 32.1. The van der Waals surface area contributed by atoms with Crippen LogP contribution in [0.4, 0.5) is 0 Å². The third kappa shape index (κ3) is 6.37. The van der Waals surface area contributed by atoms with E-state index in [0.29, 0.717) is 5.92 Å². The highest BCUT2D eigenvalue weighted by Gasteiger charge is 2.47. The lowest BCUT2D eigenvalue weighted by molar-refractivity contribution is 0.508. The Balaban J connectivity index is 1.33. The van der Waals surface area contributed by atoms with Gasteiger partial charge < -0.3 is 0 Å². The molecule has 0 bridgehead atoms. The smallest absolute Gasteiger partial charge is 0.0713 e. The van der Waals surface area contributed by atoms with E-state index in [1.165, 1.54) is 92.5 Å². The molecule has 1 aromatic heterocycles. The molecule has 60 heavy (non-hydrogen) atoms. The van der Waals surface area contributed by atoms with E-state index in [0.717, 1.165) is 6.42 Å². The summed E-state index contributed by atoms with van der Waals surface area (Å²) in [6.07, 6.45) is 6.05. The molecule has 0 aliphatic heterocycles. The van der Waals surface area contributed by atoms with Crippen LogP contribution in [0.5, 0.6) is 0 Å². The number of rotatable bonds is 10. The fourth-order valence-corrected chi connectivity index (χ4v) is 11.1. The minimum atomic E-state index is -0.499.